The van der Waals surface area contributed by atoms with Gasteiger partial charge in [-0.05, 0) is 127 Å². The normalized spacial score (nSPS) is 20.3. The van der Waals surface area contributed by atoms with Crippen LogP contribution in [0.4, 0.5) is 0 Å². The summed E-state index contributed by atoms with van der Waals surface area (Å²) >= 11 is 0. The Morgan fingerprint density at radius 1 is 0.635 bits per heavy atom. The van der Waals surface area contributed by atoms with Gasteiger partial charge in [-0.25, -0.2) is 0 Å². The summed E-state index contributed by atoms with van der Waals surface area (Å²) in [5.41, 5.74) is 8.17. The highest BCUT2D eigenvalue weighted by Gasteiger charge is 2.45. The van der Waals surface area contributed by atoms with E-state index in [0.29, 0.717) is 96.9 Å². The number of phenols is 1. The quantitative estimate of drug-likeness (QED) is 0.0608. The minimum absolute atomic E-state index is 0.0425. The zero-order chi connectivity index (χ0) is 45.0. The van der Waals surface area contributed by atoms with Gasteiger partial charge in [0.25, 0.3) is 0 Å². The molecule has 0 saturated carbocycles. The average molecular weight is 875 g/mol. The maximum atomic E-state index is 11.3. The van der Waals surface area contributed by atoms with Crippen LogP contribution in [0.3, 0.4) is 0 Å². The van der Waals surface area contributed by atoms with Crippen molar-refractivity contribution >= 4 is 0 Å². The smallest absolute Gasteiger partial charge is 0.127 e. The molecule has 9 nitrogen and oxygen atoms in total. The third-order valence-electron chi connectivity index (χ3n) is 13.0. The number of rotatable bonds is 30. The fourth-order valence-corrected chi connectivity index (χ4v) is 9.56. The van der Waals surface area contributed by atoms with Crippen LogP contribution in [-0.2, 0) is 36.5 Å². The average Bonchev–Trinajstić information content (AvgIpc) is 3.24. The Morgan fingerprint density at radius 2 is 1.10 bits per heavy atom. The molecule has 0 spiro atoms. The van der Waals surface area contributed by atoms with Gasteiger partial charge in [0.05, 0.1) is 66.1 Å². The molecule has 0 saturated heterocycles. The fraction of sp³-hybridized carbons (Fsp3) is 0.667. The summed E-state index contributed by atoms with van der Waals surface area (Å²) in [6, 6.07) is 8.57. The highest BCUT2D eigenvalue weighted by Crippen LogP contribution is 2.54. The summed E-state index contributed by atoms with van der Waals surface area (Å²) in [5.74, 6) is 4.03. The van der Waals surface area contributed by atoms with E-state index in [1.165, 1.54) is 41.5 Å². The number of hydrogen-bond donors (Lipinski definition) is 1. The van der Waals surface area contributed by atoms with Crippen molar-refractivity contribution in [2.24, 2.45) is 11.8 Å². The third kappa shape index (κ3) is 15.7. The predicted octanol–water partition coefficient (Wildman–Crippen LogP) is 12.0. The number of hydrogen-bond acceptors (Lipinski definition) is 9. The zero-order valence-electron chi connectivity index (χ0n) is 40.2. The third-order valence-corrected chi connectivity index (χ3v) is 13.0. The second kappa shape index (κ2) is 26.6. The molecule has 63 heavy (non-hydrogen) atoms. The van der Waals surface area contributed by atoms with Gasteiger partial charge in [-0.1, -0.05) is 75.0 Å². The van der Waals surface area contributed by atoms with Gasteiger partial charge in [-0.2, -0.15) is 0 Å². The van der Waals surface area contributed by atoms with E-state index in [-0.39, 0.29) is 17.4 Å². The second-order valence-corrected chi connectivity index (χ2v) is 18.6. The van der Waals surface area contributed by atoms with E-state index in [1.54, 1.807) is 0 Å². The molecule has 352 valence electrons. The number of fused-ring (bicyclic) bond motifs is 3. The second-order valence-electron chi connectivity index (χ2n) is 18.6. The van der Waals surface area contributed by atoms with E-state index in [0.717, 1.165) is 91.7 Å². The van der Waals surface area contributed by atoms with Crippen molar-refractivity contribution in [3.05, 3.63) is 82.0 Å². The molecule has 1 aliphatic heterocycles. The van der Waals surface area contributed by atoms with Crippen molar-refractivity contribution in [2.45, 2.75) is 143 Å². The van der Waals surface area contributed by atoms with Crippen molar-refractivity contribution < 1.29 is 43.0 Å². The first-order valence-electron chi connectivity index (χ1n) is 24.4. The van der Waals surface area contributed by atoms with Crippen molar-refractivity contribution in [2.75, 3.05) is 79.3 Å². The van der Waals surface area contributed by atoms with Gasteiger partial charge >= 0.3 is 0 Å². The summed E-state index contributed by atoms with van der Waals surface area (Å²) in [7, 11) is 0. The molecule has 1 heterocycles. The van der Waals surface area contributed by atoms with E-state index < -0.39 is 0 Å². The summed E-state index contributed by atoms with van der Waals surface area (Å²) in [6.45, 7) is 25.4. The molecule has 2 aromatic carbocycles. The molecule has 0 unspecified atom stereocenters. The topological polar surface area (TPSA) is 94.1 Å². The lowest BCUT2D eigenvalue weighted by atomic mass is 9.68. The van der Waals surface area contributed by atoms with Crippen LogP contribution in [0.2, 0.25) is 0 Å². The highest BCUT2D eigenvalue weighted by molar-refractivity contribution is 5.55. The van der Waals surface area contributed by atoms with E-state index in [4.69, 9.17) is 37.9 Å². The molecule has 2 aromatic rings. The number of benzene rings is 2. The molecule has 0 amide bonds. The number of aromatic hydroxyl groups is 1. The summed E-state index contributed by atoms with van der Waals surface area (Å²) in [6.07, 6.45) is 18.0. The Hall–Kier alpha value is -3.34. The Balaban J connectivity index is 0.921. The summed E-state index contributed by atoms with van der Waals surface area (Å²) in [4.78, 5) is 0. The van der Waals surface area contributed by atoms with Gasteiger partial charge in [0.15, 0.2) is 0 Å². The molecule has 1 N–H and O–H groups in total. The Labute approximate surface area is 380 Å². The number of phenolic OH excluding ortho intramolecular Hbond substituents is 1. The largest absolute Gasteiger partial charge is 0.507 e. The first-order valence-corrected chi connectivity index (χ1v) is 24.4. The van der Waals surface area contributed by atoms with Gasteiger partial charge in [0, 0.05) is 28.9 Å². The number of allylic oxidation sites excluding steroid dienone is 5. The van der Waals surface area contributed by atoms with Crippen molar-refractivity contribution in [3.63, 3.8) is 0 Å². The lowest BCUT2D eigenvalue weighted by Crippen LogP contribution is -2.45. The van der Waals surface area contributed by atoms with Crippen LogP contribution < -0.4 is 14.2 Å². The van der Waals surface area contributed by atoms with Crippen molar-refractivity contribution in [3.8, 4) is 23.0 Å². The van der Waals surface area contributed by atoms with Gasteiger partial charge in [-0.3, -0.25) is 0 Å². The molecule has 0 bridgehead atoms. The van der Waals surface area contributed by atoms with Crippen LogP contribution in [0.15, 0.2) is 59.7 Å². The zero-order valence-corrected chi connectivity index (χ0v) is 40.2. The maximum absolute atomic E-state index is 11.3. The van der Waals surface area contributed by atoms with Crippen LogP contribution in [0.1, 0.15) is 147 Å². The molecular weight excluding hydrogens is 793 g/mol. The first-order chi connectivity index (χ1) is 30.5. The maximum Gasteiger partial charge on any atom is 0.127 e. The fourth-order valence-electron chi connectivity index (χ4n) is 9.56. The predicted molar refractivity (Wildman–Crippen MR) is 254 cm³/mol. The first kappa shape index (κ1) is 50.7. The van der Waals surface area contributed by atoms with Gasteiger partial charge < -0.3 is 43.0 Å². The lowest BCUT2D eigenvalue weighted by molar-refractivity contribution is -0.0143. The Bertz CT molecular complexity index is 1760. The summed E-state index contributed by atoms with van der Waals surface area (Å²) < 4.78 is 48.4. The monoisotopic (exact) mass is 875 g/mol. The molecular formula is C54H82O9. The molecule has 0 fully saturated rings. The van der Waals surface area contributed by atoms with Crippen molar-refractivity contribution in [1.82, 2.24) is 0 Å². The molecule has 3 aliphatic rings. The SMILES string of the molecule is C=C(C)[C@@H]1CCC(C)=C[C@H]1c1c(O)cc(CCCCC)cc1OCCOCCOCCOCCOCCOCCOc1cc(CCCCC)cc2c1[C@@H]1C=C(C)CC[C@H]1C(C)(C)O2. The van der Waals surface area contributed by atoms with Crippen LogP contribution in [0.5, 0.6) is 23.0 Å². The Morgan fingerprint density at radius 3 is 1.60 bits per heavy atom. The molecule has 2 aliphatic carbocycles. The van der Waals surface area contributed by atoms with Gasteiger partial charge in [-0.15, -0.1) is 0 Å². The standard InChI is InChI=1S/C54H82O9/c1-9-11-13-15-42-35-48(55)52(45-33-40(5)17-19-44(45)39(3)4)49(36-42)61-31-29-59-27-25-57-23-21-56-22-24-58-26-28-60-30-32-62-50-37-43(16-14-12-10-2)38-51-53(50)46-34-41(6)18-20-47(46)54(7,8)63-51/h33-38,44-47,55H,3,9-32H2,1-2,4-8H3/t44-,45+,46+,47+/m0/s1. The molecule has 9 heteroatoms. The minimum Gasteiger partial charge on any atom is -0.507 e. The van der Waals surface area contributed by atoms with E-state index in [2.05, 4.69) is 85.4 Å². The summed E-state index contributed by atoms with van der Waals surface area (Å²) in [5, 5.41) is 11.3. The van der Waals surface area contributed by atoms with Gasteiger partial charge in [0.1, 0.15) is 41.8 Å². The van der Waals surface area contributed by atoms with E-state index >= 15 is 0 Å². The number of ether oxygens (including phenoxy) is 8. The number of unbranched alkanes of at least 4 members (excludes halogenated alkanes) is 4. The molecule has 0 radical (unpaired) electrons. The number of aryl methyl sites for hydroxylation is 2. The van der Waals surface area contributed by atoms with E-state index in [9.17, 15) is 5.11 Å². The van der Waals surface area contributed by atoms with Crippen molar-refractivity contribution in [1.29, 1.82) is 0 Å². The van der Waals surface area contributed by atoms with Crippen LogP contribution in [0.25, 0.3) is 0 Å². The highest BCUT2D eigenvalue weighted by atomic mass is 16.6. The lowest BCUT2D eigenvalue weighted by Gasteiger charge is -2.46. The van der Waals surface area contributed by atoms with Crippen LogP contribution in [-0.4, -0.2) is 90.0 Å². The van der Waals surface area contributed by atoms with Gasteiger partial charge in [0.2, 0.25) is 0 Å². The molecule has 4 atom stereocenters. The molecule has 0 aromatic heterocycles. The molecule has 5 rings (SSSR count). The minimum atomic E-state index is -0.216. The Kier molecular flexibility index (Phi) is 21.4. The van der Waals surface area contributed by atoms with Crippen LogP contribution in [0, 0.1) is 11.8 Å². The van der Waals surface area contributed by atoms with E-state index in [1.807, 2.05) is 6.07 Å². The van der Waals surface area contributed by atoms with Crippen LogP contribution >= 0.6 is 0 Å².